The maximum absolute atomic E-state index is 12.9. The highest BCUT2D eigenvalue weighted by molar-refractivity contribution is 6.27. The molecule has 1 aromatic heterocycles. The lowest BCUT2D eigenvalue weighted by Gasteiger charge is -2.35. The van der Waals surface area contributed by atoms with Crippen molar-refractivity contribution >= 4 is 28.8 Å². The number of aryl methyl sites for hydroxylation is 1. The van der Waals surface area contributed by atoms with Crippen LogP contribution in [0.2, 0.25) is 0 Å². The number of carboxylic acids is 2. The largest absolute Gasteiger partial charge is 0.491 e. The van der Waals surface area contributed by atoms with Gasteiger partial charge in [-0.15, -0.1) is 0 Å². The van der Waals surface area contributed by atoms with E-state index in [-0.39, 0.29) is 19.2 Å². The number of carbonyl (C=O) groups excluding carboxylic acids is 1. The molecule has 0 bridgehead atoms. The smallest absolute Gasteiger partial charge is 0.414 e. The van der Waals surface area contributed by atoms with Crippen LogP contribution in [0.15, 0.2) is 42.5 Å². The Morgan fingerprint density at radius 3 is 2.12 bits per heavy atom. The van der Waals surface area contributed by atoms with Crippen molar-refractivity contribution in [3.8, 4) is 11.4 Å². The normalized spacial score (nSPS) is 14.6. The van der Waals surface area contributed by atoms with E-state index in [1.54, 1.807) is 6.92 Å². The summed E-state index contributed by atoms with van der Waals surface area (Å²) >= 11 is 0. The number of nitrogens with zero attached hydrogens (tertiary/aromatic N) is 3. The van der Waals surface area contributed by atoms with Crippen LogP contribution in [0.4, 0.5) is 0 Å². The Hall–Kier alpha value is -3.97. The van der Waals surface area contributed by atoms with Gasteiger partial charge in [0, 0.05) is 56.0 Å². The van der Waals surface area contributed by atoms with Crippen LogP contribution in [0, 0.1) is 13.8 Å². The number of β-amino-alcohol motifs (C(OH)–C–C–N with tert-alkyl or cyclic N) is 2. The lowest BCUT2D eigenvalue weighted by Crippen LogP contribution is -2.49. The van der Waals surface area contributed by atoms with Crippen molar-refractivity contribution in [3.05, 3.63) is 59.3 Å². The van der Waals surface area contributed by atoms with Gasteiger partial charge in [0.2, 0.25) is 0 Å². The molecule has 12 heteroatoms. The number of rotatable bonds is 10. The summed E-state index contributed by atoms with van der Waals surface area (Å²) in [6.45, 7) is 11.1. The summed E-state index contributed by atoms with van der Waals surface area (Å²) in [6.07, 6.45) is -0.631. The number of hydrogen-bond donors (Lipinski definition) is 4. The molecule has 42 heavy (non-hydrogen) atoms. The Kier molecular flexibility index (Phi) is 11.9. The van der Waals surface area contributed by atoms with E-state index >= 15 is 0 Å². The lowest BCUT2D eigenvalue weighted by molar-refractivity contribution is -0.159. The van der Waals surface area contributed by atoms with Crippen molar-refractivity contribution in [1.29, 1.82) is 0 Å². The number of carboxylic acid groups (broad SMARTS) is 2. The molecule has 2 aromatic carbocycles. The van der Waals surface area contributed by atoms with E-state index in [9.17, 15) is 9.90 Å². The number of aliphatic hydroxyl groups excluding tert-OH is 2. The van der Waals surface area contributed by atoms with E-state index in [1.165, 1.54) is 5.56 Å². The Morgan fingerprint density at radius 2 is 1.55 bits per heavy atom. The van der Waals surface area contributed by atoms with Gasteiger partial charge in [-0.05, 0) is 51.1 Å². The average Bonchev–Trinajstić information content (AvgIpc) is 3.25. The van der Waals surface area contributed by atoms with Gasteiger partial charge in [-0.25, -0.2) is 14.4 Å². The van der Waals surface area contributed by atoms with Crippen molar-refractivity contribution in [2.45, 2.75) is 26.9 Å². The first-order chi connectivity index (χ1) is 20.0. The number of carbonyl (C=O) groups is 3. The van der Waals surface area contributed by atoms with Crippen molar-refractivity contribution < 1.29 is 44.3 Å². The van der Waals surface area contributed by atoms with Crippen LogP contribution in [0.5, 0.6) is 5.75 Å². The van der Waals surface area contributed by atoms with Crippen LogP contribution in [-0.2, 0) is 14.3 Å². The molecule has 1 saturated heterocycles. The Labute approximate surface area is 244 Å². The molecular formula is C30H39N3O9. The molecule has 12 nitrogen and oxygen atoms in total. The third kappa shape index (κ3) is 8.52. The zero-order valence-corrected chi connectivity index (χ0v) is 24.2. The molecule has 0 spiro atoms. The zero-order chi connectivity index (χ0) is 30.8. The molecule has 228 valence electrons. The number of ether oxygens (including phenoxy) is 2. The van der Waals surface area contributed by atoms with Crippen LogP contribution in [0.1, 0.15) is 28.5 Å². The molecule has 1 fully saturated rings. The molecule has 1 aliphatic rings. The topological polar surface area (TPSA) is 162 Å². The highest BCUT2D eigenvalue weighted by Gasteiger charge is 2.23. The zero-order valence-electron chi connectivity index (χ0n) is 24.2. The minimum Gasteiger partial charge on any atom is -0.491 e. The van der Waals surface area contributed by atoms with E-state index in [4.69, 9.17) is 34.4 Å². The molecule has 1 atom stereocenters. The molecular weight excluding hydrogens is 546 g/mol. The number of benzene rings is 2. The van der Waals surface area contributed by atoms with Crippen molar-refractivity contribution in [3.63, 3.8) is 0 Å². The highest BCUT2D eigenvalue weighted by Crippen LogP contribution is 2.32. The fraction of sp³-hybridized carbons (Fsp3) is 0.433. The van der Waals surface area contributed by atoms with Gasteiger partial charge in [0.25, 0.3) is 0 Å². The van der Waals surface area contributed by atoms with Gasteiger partial charge in [-0.2, -0.15) is 0 Å². The number of aromatic nitrogens is 1. The molecule has 0 saturated carbocycles. The Bertz CT molecular complexity index is 1350. The molecule has 4 rings (SSSR count). The molecule has 0 aliphatic carbocycles. The van der Waals surface area contributed by atoms with Crippen molar-refractivity contribution in [1.82, 2.24) is 14.4 Å². The van der Waals surface area contributed by atoms with Gasteiger partial charge in [-0.3, -0.25) is 9.80 Å². The number of hydrogen-bond acceptors (Lipinski definition) is 9. The lowest BCUT2D eigenvalue weighted by atomic mass is 10.1. The van der Waals surface area contributed by atoms with Crippen LogP contribution >= 0.6 is 0 Å². The molecule has 0 amide bonds. The summed E-state index contributed by atoms with van der Waals surface area (Å²) in [7, 11) is 0. The summed E-state index contributed by atoms with van der Waals surface area (Å²) in [4.78, 5) is 35.5. The number of aliphatic carboxylic acids is 2. The van der Waals surface area contributed by atoms with Gasteiger partial charge in [0.1, 0.15) is 18.5 Å². The first-order valence-corrected chi connectivity index (χ1v) is 13.8. The predicted molar refractivity (Wildman–Crippen MR) is 155 cm³/mol. The van der Waals surface area contributed by atoms with E-state index in [1.807, 2.05) is 44.2 Å². The first kappa shape index (κ1) is 32.5. The minimum atomic E-state index is -1.82. The summed E-state index contributed by atoms with van der Waals surface area (Å²) in [5.74, 6) is -3.41. The van der Waals surface area contributed by atoms with Crippen molar-refractivity contribution in [2.75, 3.05) is 59.1 Å². The molecule has 4 N–H and O–H groups in total. The predicted octanol–water partition coefficient (Wildman–Crippen LogP) is 1.93. The number of piperazine rings is 1. The van der Waals surface area contributed by atoms with Gasteiger partial charge < -0.3 is 34.5 Å². The maximum Gasteiger partial charge on any atom is 0.414 e. The minimum absolute atomic E-state index is 0.161. The van der Waals surface area contributed by atoms with Gasteiger partial charge in [0.05, 0.1) is 24.3 Å². The number of aliphatic hydroxyl groups is 2. The third-order valence-corrected chi connectivity index (χ3v) is 6.92. The van der Waals surface area contributed by atoms with Crippen LogP contribution in [-0.4, -0.2) is 118 Å². The average molecular weight is 586 g/mol. The van der Waals surface area contributed by atoms with Gasteiger partial charge in [-0.1, -0.05) is 17.7 Å². The van der Waals surface area contributed by atoms with E-state index in [0.717, 1.165) is 48.5 Å². The van der Waals surface area contributed by atoms with Gasteiger partial charge >= 0.3 is 17.9 Å². The second-order valence-corrected chi connectivity index (χ2v) is 9.97. The molecule has 1 aliphatic heterocycles. The van der Waals surface area contributed by atoms with E-state index < -0.39 is 18.0 Å². The second-order valence-electron chi connectivity index (χ2n) is 9.97. The summed E-state index contributed by atoms with van der Waals surface area (Å²) in [5, 5.41) is 35.2. The molecule has 1 unspecified atom stereocenters. The van der Waals surface area contributed by atoms with Crippen molar-refractivity contribution in [2.24, 2.45) is 0 Å². The third-order valence-electron chi connectivity index (χ3n) is 6.92. The Balaban J connectivity index is 0.000000730. The quantitative estimate of drug-likeness (QED) is 0.203. The second kappa shape index (κ2) is 15.3. The molecule has 3 aromatic rings. The van der Waals surface area contributed by atoms with Crippen LogP contribution < -0.4 is 4.74 Å². The maximum atomic E-state index is 12.9. The summed E-state index contributed by atoms with van der Waals surface area (Å²) in [6, 6.07) is 13.9. The number of fused-ring (bicyclic) bond motifs is 1. The summed E-state index contributed by atoms with van der Waals surface area (Å²) in [5.41, 5.74) is 4.37. The fourth-order valence-electron chi connectivity index (χ4n) is 4.86. The van der Waals surface area contributed by atoms with Crippen LogP contribution in [0.3, 0.4) is 0 Å². The van der Waals surface area contributed by atoms with Crippen LogP contribution in [0.25, 0.3) is 16.6 Å². The fourth-order valence-corrected chi connectivity index (χ4v) is 4.86. The SMILES string of the molecule is CCOC(=O)c1c(C)n(-c2ccc(C)cc2)c2ccc(OCC(O)CN3CCN(CCO)CC3)cc12.O=C(O)C(=O)O. The van der Waals surface area contributed by atoms with E-state index in [2.05, 4.69) is 26.5 Å². The molecule has 2 heterocycles. The number of esters is 1. The summed E-state index contributed by atoms with van der Waals surface area (Å²) < 4.78 is 13.4. The molecule has 0 radical (unpaired) electrons. The highest BCUT2D eigenvalue weighted by atomic mass is 16.5. The monoisotopic (exact) mass is 585 g/mol. The standard InChI is InChI=1S/C28H37N3O5.C2H2O4/c1-4-35-28(34)27-21(3)31(22-7-5-20(2)6-8-22)26-10-9-24(17-25(26)27)36-19-23(33)18-30-13-11-29(12-14-30)15-16-32;3-1(4)2(5)6/h5-10,17,23,32-33H,4,11-16,18-19H2,1-3H3;(H,3,4)(H,5,6). The Morgan fingerprint density at radius 1 is 0.929 bits per heavy atom. The van der Waals surface area contributed by atoms with Gasteiger partial charge in [0.15, 0.2) is 0 Å². The van der Waals surface area contributed by atoms with E-state index in [0.29, 0.717) is 31.0 Å². The first-order valence-electron chi connectivity index (χ1n) is 13.8.